The average molecular weight is 232 g/mol. The maximum atomic E-state index is 5.94. The number of hydrogen-bond acceptors (Lipinski definition) is 3. The van der Waals surface area contributed by atoms with Gasteiger partial charge in [0, 0.05) is 13.1 Å². The largest absolute Gasteiger partial charge is 0.485 e. The monoisotopic (exact) mass is 232 g/mol. The Bertz CT molecular complexity index is 401. The number of rotatable bonds is 4. The summed E-state index contributed by atoms with van der Waals surface area (Å²) >= 11 is 0. The van der Waals surface area contributed by atoms with E-state index in [1.165, 1.54) is 12.8 Å². The topological polar surface area (TPSA) is 33.3 Å². The number of benzene rings is 1. The van der Waals surface area contributed by atoms with Crippen molar-refractivity contribution in [3.05, 3.63) is 24.3 Å². The van der Waals surface area contributed by atoms with Crippen molar-refractivity contribution in [2.24, 2.45) is 5.41 Å². The van der Waals surface area contributed by atoms with Gasteiger partial charge in [-0.1, -0.05) is 19.1 Å². The zero-order valence-corrected chi connectivity index (χ0v) is 10.3. The fourth-order valence-corrected chi connectivity index (χ4v) is 2.20. The standard InChI is InChI=1S/C14H20N2O/c1-14(6-7-14)10-15-8-11-9-16-12-4-2-3-5-13(12)17-11/h2-5,11,15-16H,6-10H2,1H3. The first-order valence-corrected chi connectivity index (χ1v) is 6.45. The molecular weight excluding hydrogens is 212 g/mol. The third kappa shape index (κ3) is 2.55. The summed E-state index contributed by atoms with van der Waals surface area (Å²) in [5.41, 5.74) is 1.68. The van der Waals surface area contributed by atoms with Gasteiger partial charge in [0.2, 0.25) is 0 Å². The van der Waals surface area contributed by atoms with Gasteiger partial charge in [0.25, 0.3) is 0 Å². The van der Waals surface area contributed by atoms with Crippen LogP contribution in [0.2, 0.25) is 0 Å². The second kappa shape index (κ2) is 4.22. The Labute approximate surface area is 103 Å². The number of anilines is 1. The molecule has 3 nitrogen and oxygen atoms in total. The van der Waals surface area contributed by atoms with E-state index in [0.717, 1.165) is 31.1 Å². The number of fused-ring (bicyclic) bond motifs is 1. The Balaban J connectivity index is 1.50. The molecule has 1 atom stereocenters. The maximum absolute atomic E-state index is 5.94. The Morgan fingerprint density at radius 2 is 2.24 bits per heavy atom. The second-order valence-electron chi connectivity index (χ2n) is 5.56. The van der Waals surface area contributed by atoms with Crippen LogP contribution in [0.4, 0.5) is 5.69 Å². The smallest absolute Gasteiger partial charge is 0.142 e. The Hall–Kier alpha value is -1.22. The zero-order valence-electron chi connectivity index (χ0n) is 10.3. The minimum Gasteiger partial charge on any atom is -0.485 e. The van der Waals surface area contributed by atoms with Crippen LogP contribution in [0.5, 0.6) is 5.75 Å². The number of hydrogen-bond donors (Lipinski definition) is 2. The molecule has 0 aromatic heterocycles. The lowest BCUT2D eigenvalue weighted by molar-refractivity contribution is 0.199. The van der Waals surface area contributed by atoms with Gasteiger partial charge in [0.15, 0.2) is 0 Å². The third-order valence-electron chi connectivity index (χ3n) is 3.73. The van der Waals surface area contributed by atoms with Gasteiger partial charge in [0.1, 0.15) is 11.9 Å². The van der Waals surface area contributed by atoms with Crippen LogP contribution in [0.3, 0.4) is 0 Å². The summed E-state index contributed by atoms with van der Waals surface area (Å²) in [7, 11) is 0. The highest BCUT2D eigenvalue weighted by Gasteiger charge is 2.36. The molecule has 17 heavy (non-hydrogen) atoms. The van der Waals surface area contributed by atoms with Gasteiger partial charge in [-0.25, -0.2) is 0 Å². The van der Waals surface area contributed by atoms with Crippen molar-refractivity contribution in [3.8, 4) is 5.75 Å². The lowest BCUT2D eigenvalue weighted by Crippen LogP contribution is -2.40. The van der Waals surface area contributed by atoms with E-state index >= 15 is 0 Å². The van der Waals surface area contributed by atoms with Gasteiger partial charge in [-0.15, -0.1) is 0 Å². The van der Waals surface area contributed by atoms with E-state index in [1.54, 1.807) is 0 Å². The first-order valence-electron chi connectivity index (χ1n) is 6.45. The molecular formula is C14H20N2O. The molecule has 1 heterocycles. The Morgan fingerprint density at radius 3 is 3.06 bits per heavy atom. The summed E-state index contributed by atoms with van der Waals surface area (Å²) in [5, 5.41) is 6.93. The Morgan fingerprint density at radius 1 is 1.41 bits per heavy atom. The fraction of sp³-hybridized carbons (Fsp3) is 0.571. The van der Waals surface area contributed by atoms with Crippen molar-refractivity contribution < 1.29 is 4.74 Å². The van der Waals surface area contributed by atoms with E-state index in [9.17, 15) is 0 Å². The van der Waals surface area contributed by atoms with Crippen molar-refractivity contribution in [3.63, 3.8) is 0 Å². The van der Waals surface area contributed by atoms with Crippen LogP contribution in [-0.2, 0) is 0 Å². The molecule has 2 aliphatic rings. The van der Waals surface area contributed by atoms with Crippen molar-refractivity contribution in [1.82, 2.24) is 5.32 Å². The molecule has 1 aliphatic heterocycles. The average Bonchev–Trinajstić information content (AvgIpc) is 3.07. The summed E-state index contributed by atoms with van der Waals surface area (Å²) in [6, 6.07) is 8.13. The van der Waals surface area contributed by atoms with Crippen LogP contribution in [-0.4, -0.2) is 25.7 Å². The van der Waals surface area contributed by atoms with Gasteiger partial charge in [-0.2, -0.15) is 0 Å². The van der Waals surface area contributed by atoms with Crippen LogP contribution in [0, 0.1) is 5.41 Å². The fourth-order valence-electron chi connectivity index (χ4n) is 2.20. The molecule has 1 fully saturated rings. The summed E-state index contributed by atoms with van der Waals surface area (Å²) in [6.07, 6.45) is 2.98. The van der Waals surface area contributed by atoms with Gasteiger partial charge >= 0.3 is 0 Å². The van der Waals surface area contributed by atoms with Crippen molar-refractivity contribution >= 4 is 5.69 Å². The molecule has 92 valence electrons. The van der Waals surface area contributed by atoms with Crippen LogP contribution in [0.15, 0.2) is 24.3 Å². The molecule has 0 saturated heterocycles. The molecule has 1 aliphatic carbocycles. The summed E-state index contributed by atoms with van der Waals surface area (Å²) < 4.78 is 5.94. The number of para-hydroxylation sites is 2. The lowest BCUT2D eigenvalue weighted by atomic mass is 10.1. The Kier molecular flexibility index (Phi) is 2.71. The lowest BCUT2D eigenvalue weighted by Gasteiger charge is -2.27. The summed E-state index contributed by atoms with van der Waals surface area (Å²) in [5.74, 6) is 0.975. The molecule has 1 saturated carbocycles. The van der Waals surface area contributed by atoms with Crippen molar-refractivity contribution in [2.45, 2.75) is 25.9 Å². The van der Waals surface area contributed by atoms with E-state index in [1.807, 2.05) is 18.2 Å². The molecule has 3 heteroatoms. The quantitative estimate of drug-likeness (QED) is 0.835. The predicted molar refractivity (Wildman–Crippen MR) is 69.6 cm³/mol. The highest BCUT2D eigenvalue weighted by atomic mass is 16.5. The summed E-state index contributed by atoms with van der Waals surface area (Å²) in [4.78, 5) is 0. The zero-order chi connectivity index (χ0) is 11.7. The van der Waals surface area contributed by atoms with Crippen LogP contribution >= 0.6 is 0 Å². The molecule has 1 aromatic carbocycles. The third-order valence-corrected chi connectivity index (χ3v) is 3.73. The molecule has 0 bridgehead atoms. The van der Waals surface area contributed by atoms with E-state index in [-0.39, 0.29) is 6.10 Å². The first kappa shape index (κ1) is 10.9. The molecule has 0 spiro atoms. The maximum Gasteiger partial charge on any atom is 0.142 e. The summed E-state index contributed by atoms with van der Waals surface area (Å²) in [6.45, 7) is 5.28. The first-order chi connectivity index (χ1) is 8.25. The highest BCUT2D eigenvalue weighted by Crippen LogP contribution is 2.44. The minimum absolute atomic E-state index is 0.243. The molecule has 1 unspecified atom stereocenters. The van der Waals surface area contributed by atoms with Gasteiger partial charge in [-0.3, -0.25) is 0 Å². The number of ether oxygens (including phenoxy) is 1. The second-order valence-corrected chi connectivity index (χ2v) is 5.56. The molecule has 0 radical (unpaired) electrons. The normalized spacial score (nSPS) is 24.4. The van der Waals surface area contributed by atoms with Crippen LogP contribution in [0.1, 0.15) is 19.8 Å². The molecule has 2 N–H and O–H groups in total. The van der Waals surface area contributed by atoms with Crippen LogP contribution < -0.4 is 15.4 Å². The van der Waals surface area contributed by atoms with Crippen molar-refractivity contribution in [1.29, 1.82) is 0 Å². The van der Waals surface area contributed by atoms with E-state index in [2.05, 4.69) is 23.6 Å². The van der Waals surface area contributed by atoms with E-state index in [4.69, 9.17) is 4.74 Å². The van der Waals surface area contributed by atoms with E-state index < -0.39 is 0 Å². The number of nitrogens with one attached hydrogen (secondary N) is 2. The predicted octanol–water partition coefficient (Wildman–Crippen LogP) is 2.25. The van der Waals surface area contributed by atoms with Gasteiger partial charge < -0.3 is 15.4 Å². The highest BCUT2D eigenvalue weighted by molar-refractivity contribution is 5.57. The van der Waals surface area contributed by atoms with Gasteiger partial charge in [-0.05, 0) is 30.4 Å². The minimum atomic E-state index is 0.243. The molecule has 1 aromatic rings. The van der Waals surface area contributed by atoms with E-state index in [0.29, 0.717) is 5.41 Å². The van der Waals surface area contributed by atoms with Crippen LogP contribution in [0.25, 0.3) is 0 Å². The molecule has 3 rings (SSSR count). The van der Waals surface area contributed by atoms with Gasteiger partial charge in [0.05, 0.1) is 12.2 Å². The molecule has 0 amide bonds. The SMILES string of the molecule is CC1(CNCC2CNc3ccccc3O2)CC1. The van der Waals surface area contributed by atoms with Crippen molar-refractivity contribution in [2.75, 3.05) is 25.0 Å².